The Morgan fingerprint density at radius 3 is 2.11 bits per heavy atom. The van der Waals surface area contributed by atoms with Gasteiger partial charge in [0.25, 0.3) is 0 Å². The summed E-state index contributed by atoms with van der Waals surface area (Å²) in [5, 5.41) is 3.66. The van der Waals surface area contributed by atoms with Gasteiger partial charge in [-0.25, -0.2) is 0 Å². The second-order valence-electron chi connectivity index (χ2n) is 6.07. The molecule has 0 radical (unpaired) electrons. The van der Waals surface area contributed by atoms with E-state index in [-0.39, 0.29) is 11.1 Å². The van der Waals surface area contributed by atoms with Crippen molar-refractivity contribution in [2.75, 3.05) is 41.1 Å². The molecule has 19 heavy (non-hydrogen) atoms. The molecule has 0 spiro atoms. The molecule has 1 N–H and O–H groups in total. The van der Waals surface area contributed by atoms with E-state index in [0.717, 1.165) is 13.0 Å². The Labute approximate surface area is 119 Å². The molecular weight excluding hydrogens is 260 g/mol. The Bertz CT molecular complexity index is 289. The largest absolute Gasteiger partial charge is 0.514 e. The van der Waals surface area contributed by atoms with Gasteiger partial charge in [-0.2, -0.15) is 0 Å². The van der Waals surface area contributed by atoms with Crippen LogP contribution < -0.4 is 5.32 Å². The van der Waals surface area contributed by atoms with Crippen molar-refractivity contribution in [3.63, 3.8) is 0 Å². The van der Waals surface area contributed by atoms with Crippen molar-refractivity contribution in [3.8, 4) is 0 Å². The van der Waals surface area contributed by atoms with Gasteiger partial charge in [-0.15, -0.1) is 0 Å². The van der Waals surface area contributed by atoms with Gasteiger partial charge in [0.15, 0.2) is 0 Å². The Morgan fingerprint density at radius 1 is 1.11 bits per heavy atom. The molecule has 1 heterocycles. The molecule has 0 saturated carbocycles. The molecule has 0 aromatic carbocycles. The van der Waals surface area contributed by atoms with Crippen LogP contribution in [-0.4, -0.2) is 65.9 Å². The number of hydrogen-bond acceptors (Lipinski definition) is 5. The molecule has 1 saturated heterocycles. The maximum Gasteiger partial charge on any atom is 0.514 e. The van der Waals surface area contributed by atoms with Crippen LogP contribution in [-0.2, 0) is 13.3 Å². The minimum Gasteiger partial charge on any atom is -0.376 e. The maximum absolute atomic E-state index is 5.49. The standard InChI is InChI=1S/C13H30N2O3Si/c1-12(2)13(3,9-8-10-15(12)4)14-11-19(16-5,17-6)18-7/h14H,8-11H2,1-7H3. The van der Waals surface area contributed by atoms with Gasteiger partial charge in [-0.3, -0.25) is 4.90 Å². The molecule has 1 rings (SSSR count). The van der Waals surface area contributed by atoms with Crippen molar-refractivity contribution in [2.24, 2.45) is 0 Å². The quantitative estimate of drug-likeness (QED) is 0.746. The second-order valence-corrected chi connectivity index (χ2v) is 9.01. The second kappa shape index (κ2) is 6.20. The topological polar surface area (TPSA) is 43.0 Å². The molecule has 0 aromatic rings. The normalized spacial score (nSPS) is 28.6. The zero-order chi connectivity index (χ0) is 14.7. The van der Waals surface area contributed by atoms with E-state index in [0.29, 0.717) is 6.17 Å². The van der Waals surface area contributed by atoms with Crippen LogP contribution in [0.5, 0.6) is 0 Å². The fourth-order valence-corrected chi connectivity index (χ4v) is 4.29. The minimum absolute atomic E-state index is 0.0217. The summed E-state index contributed by atoms with van der Waals surface area (Å²) >= 11 is 0. The summed E-state index contributed by atoms with van der Waals surface area (Å²) in [7, 11) is 4.59. The van der Waals surface area contributed by atoms with E-state index >= 15 is 0 Å². The molecule has 1 unspecified atom stereocenters. The van der Waals surface area contributed by atoms with Crippen LogP contribution in [0.1, 0.15) is 33.6 Å². The smallest absolute Gasteiger partial charge is 0.376 e. The Hall–Kier alpha value is 0.0169. The summed E-state index contributed by atoms with van der Waals surface area (Å²) in [6.45, 7) is 8.00. The van der Waals surface area contributed by atoms with Gasteiger partial charge in [-0.1, -0.05) is 0 Å². The number of piperidine rings is 1. The molecule has 1 fully saturated rings. The van der Waals surface area contributed by atoms with E-state index in [1.54, 1.807) is 21.3 Å². The number of nitrogens with zero attached hydrogens (tertiary/aromatic N) is 1. The lowest BCUT2D eigenvalue weighted by Gasteiger charge is -2.54. The molecule has 114 valence electrons. The summed E-state index contributed by atoms with van der Waals surface area (Å²) in [4.78, 5) is 2.42. The number of likely N-dealkylation sites (tertiary alicyclic amines) is 1. The molecule has 6 heteroatoms. The van der Waals surface area contributed by atoms with Crippen molar-refractivity contribution in [1.82, 2.24) is 10.2 Å². The Kier molecular flexibility index (Phi) is 5.57. The first-order valence-electron chi connectivity index (χ1n) is 6.88. The highest BCUT2D eigenvalue weighted by atomic mass is 28.4. The van der Waals surface area contributed by atoms with Gasteiger partial charge in [0, 0.05) is 32.4 Å². The van der Waals surface area contributed by atoms with Crippen LogP contribution in [0, 0.1) is 0 Å². The molecule has 1 aliphatic heterocycles. The first-order valence-corrected chi connectivity index (χ1v) is 8.82. The van der Waals surface area contributed by atoms with Crippen molar-refractivity contribution >= 4 is 8.80 Å². The zero-order valence-electron chi connectivity index (χ0n) is 13.5. The summed E-state index contributed by atoms with van der Waals surface area (Å²) < 4.78 is 16.5. The number of rotatable bonds is 6. The first kappa shape index (κ1) is 17.1. The van der Waals surface area contributed by atoms with Crippen LogP contribution in [0.4, 0.5) is 0 Å². The van der Waals surface area contributed by atoms with Crippen LogP contribution in [0.3, 0.4) is 0 Å². The summed E-state index contributed by atoms with van der Waals surface area (Å²) in [5.41, 5.74) is 0.106. The zero-order valence-corrected chi connectivity index (χ0v) is 14.5. The van der Waals surface area contributed by atoms with Crippen molar-refractivity contribution in [2.45, 2.75) is 44.7 Å². The van der Waals surface area contributed by atoms with Crippen molar-refractivity contribution in [3.05, 3.63) is 0 Å². The Balaban J connectivity index is 2.79. The fraction of sp³-hybridized carbons (Fsp3) is 1.00. The first-order chi connectivity index (χ1) is 8.77. The molecule has 1 atom stereocenters. The van der Waals surface area contributed by atoms with E-state index < -0.39 is 8.80 Å². The molecule has 1 aliphatic rings. The molecule has 0 amide bonds. The van der Waals surface area contributed by atoms with E-state index in [1.807, 2.05) is 0 Å². The third kappa shape index (κ3) is 3.20. The van der Waals surface area contributed by atoms with Crippen LogP contribution in [0.2, 0.25) is 0 Å². The van der Waals surface area contributed by atoms with E-state index in [1.165, 1.54) is 6.42 Å². The maximum atomic E-state index is 5.49. The van der Waals surface area contributed by atoms with E-state index in [9.17, 15) is 0 Å². The van der Waals surface area contributed by atoms with Gasteiger partial charge in [-0.05, 0) is 47.2 Å². The van der Waals surface area contributed by atoms with E-state index in [2.05, 4.69) is 38.0 Å². The average Bonchev–Trinajstić information content (AvgIpc) is 2.39. The lowest BCUT2D eigenvalue weighted by Crippen LogP contribution is -2.70. The van der Waals surface area contributed by atoms with Gasteiger partial charge < -0.3 is 18.6 Å². The molecule has 0 bridgehead atoms. The minimum atomic E-state index is -2.56. The van der Waals surface area contributed by atoms with Gasteiger partial charge in [0.05, 0.1) is 6.17 Å². The average molecular weight is 290 g/mol. The van der Waals surface area contributed by atoms with E-state index in [4.69, 9.17) is 13.3 Å². The monoisotopic (exact) mass is 290 g/mol. The van der Waals surface area contributed by atoms with Gasteiger partial charge >= 0.3 is 8.80 Å². The van der Waals surface area contributed by atoms with Gasteiger partial charge in [0.1, 0.15) is 0 Å². The van der Waals surface area contributed by atoms with Crippen molar-refractivity contribution in [1.29, 1.82) is 0 Å². The SMILES string of the molecule is CO[Si](CNC1(C)CCCN(C)C1(C)C)(OC)OC. The summed E-state index contributed by atoms with van der Waals surface area (Å²) in [6, 6.07) is 0. The molecule has 0 aliphatic carbocycles. The molecule has 5 nitrogen and oxygen atoms in total. The molecule has 0 aromatic heterocycles. The third-order valence-corrected chi connectivity index (χ3v) is 7.58. The highest BCUT2D eigenvalue weighted by Gasteiger charge is 2.48. The Morgan fingerprint density at radius 2 is 1.63 bits per heavy atom. The lowest BCUT2D eigenvalue weighted by molar-refractivity contribution is 0.00803. The number of nitrogens with one attached hydrogen (secondary N) is 1. The highest BCUT2D eigenvalue weighted by Crippen LogP contribution is 2.35. The summed E-state index contributed by atoms with van der Waals surface area (Å²) in [6.07, 6.45) is 2.97. The van der Waals surface area contributed by atoms with Crippen LogP contribution >= 0.6 is 0 Å². The third-order valence-electron chi connectivity index (χ3n) is 5.10. The van der Waals surface area contributed by atoms with Crippen LogP contribution in [0.15, 0.2) is 0 Å². The predicted molar refractivity (Wildman–Crippen MR) is 79.1 cm³/mol. The highest BCUT2D eigenvalue weighted by molar-refractivity contribution is 6.60. The lowest BCUT2D eigenvalue weighted by atomic mass is 9.73. The number of hydrogen-bond donors (Lipinski definition) is 1. The number of likely N-dealkylation sites (N-methyl/N-ethyl adjacent to an activating group) is 1. The molecular formula is C13H30N2O3Si. The summed E-state index contributed by atoms with van der Waals surface area (Å²) in [5.74, 6) is 0. The van der Waals surface area contributed by atoms with Crippen LogP contribution in [0.25, 0.3) is 0 Å². The van der Waals surface area contributed by atoms with Crippen molar-refractivity contribution < 1.29 is 13.3 Å². The predicted octanol–water partition coefficient (Wildman–Crippen LogP) is 1.26. The fourth-order valence-electron chi connectivity index (χ4n) is 2.75. The van der Waals surface area contributed by atoms with Gasteiger partial charge in [0.2, 0.25) is 0 Å².